The van der Waals surface area contributed by atoms with Crippen LogP contribution in [0.1, 0.15) is 6.92 Å². The van der Waals surface area contributed by atoms with Crippen LogP contribution in [-0.4, -0.2) is 27.7 Å². The molecule has 10 nitrogen and oxygen atoms in total. The molecule has 2 aromatic rings. The second-order valence-electron chi connectivity index (χ2n) is 5.04. The van der Waals surface area contributed by atoms with Crippen molar-refractivity contribution in [3.8, 4) is 0 Å². The summed E-state index contributed by atoms with van der Waals surface area (Å²) < 4.78 is 52.2. The molecule has 0 aromatic heterocycles. The highest BCUT2D eigenvalue weighted by Crippen LogP contribution is 2.20. The van der Waals surface area contributed by atoms with Crippen molar-refractivity contribution in [2.45, 2.75) is 16.7 Å². The molecule has 2 rings (SSSR count). The molecule has 0 bridgehead atoms. The second-order valence-corrected chi connectivity index (χ2v) is 8.41. The van der Waals surface area contributed by atoms with Gasteiger partial charge in [-0.25, -0.2) is 21.6 Å². The van der Waals surface area contributed by atoms with E-state index in [0.29, 0.717) is 0 Å². The lowest BCUT2D eigenvalue weighted by Gasteiger charge is -2.09. The first kappa shape index (κ1) is 19.3. The highest BCUT2D eigenvalue weighted by molar-refractivity contribution is 7.92. The zero-order valence-corrected chi connectivity index (χ0v) is 14.9. The Morgan fingerprint density at radius 2 is 1.35 bits per heavy atom. The van der Waals surface area contributed by atoms with E-state index in [9.17, 15) is 31.7 Å². The molecule has 0 saturated heterocycles. The van der Waals surface area contributed by atoms with Gasteiger partial charge in [-0.15, -0.1) is 0 Å². The number of non-ortho nitro benzene ring substituents is 1. The summed E-state index contributed by atoms with van der Waals surface area (Å²) in [7, 11) is -8.04. The predicted octanol–water partition coefficient (Wildman–Crippen LogP) is 1.22. The Kier molecular flexibility index (Phi) is 5.28. The van der Waals surface area contributed by atoms with Crippen molar-refractivity contribution < 1.29 is 26.6 Å². The van der Waals surface area contributed by atoms with E-state index < -0.39 is 30.9 Å². The molecule has 0 atom stereocenters. The Balaban J connectivity index is 2.22. The molecule has 2 aromatic carbocycles. The molecular formula is C14H13N3O7S2. The van der Waals surface area contributed by atoms with Crippen LogP contribution in [-0.2, 0) is 24.8 Å². The number of hydrogen-bond donors (Lipinski definition) is 2. The van der Waals surface area contributed by atoms with Gasteiger partial charge in [-0.2, -0.15) is 0 Å². The number of nitrogens with zero attached hydrogens (tertiary/aromatic N) is 1. The van der Waals surface area contributed by atoms with E-state index in [1.165, 1.54) is 12.1 Å². The normalized spacial score (nSPS) is 11.6. The summed E-state index contributed by atoms with van der Waals surface area (Å²) in [4.78, 5) is 20.4. The maximum absolute atomic E-state index is 12.3. The minimum atomic E-state index is -4.03. The largest absolute Gasteiger partial charge is 0.280 e. The van der Waals surface area contributed by atoms with Crippen LogP contribution in [0.25, 0.3) is 0 Å². The van der Waals surface area contributed by atoms with Crippen molar-refractivity contribution in [1.29, 1.82) is 0 Å². The number of carbonyl (C=O) groups is 1. The van der Waals surface area contributed by atoms with Crippen LogP contribution in [0.15, 0.2) is 58.3 Å². The van der Waals surface area contributed by atoms with Gasteiger partial charge < -0.3 is 0 Å². The van der Waals surface area contributed by atoms with E-state index in [2.05, 4.69) is 4.72 Å². The molecule has 26 heavy (non-hydrogen) atoms. The van der Waals surface area contributed by atoms with Gasteiger partial charge >= 0.3 is 0 Å². The average molecular weight is 399 g/mol. The van der Waals surface area contributed by atoms with E-state index >= 15 is 0 Å². The lowest BCUT2D eigenvalue weighted by atomic mass is 10.3. The van der Waals surface area contributed by atoms with Gasteiger partial charge in [0.2, 0.25) is 5.91 Å². The summed E-state index contributed by atoms with van der Waals surface area (Å²) >= 11 is 0. The summed E-state index contributed by atoms with van der Waals surface area (Å²) in [5.41, 5.74) is -0.179. The van der Waals surface area contributed by atoms with Gasteiger partial charge in [0.25, 0.3) is 25.7 Å². The summed E-state index contributed by atoms with van der Waals surface area (Å²) in [6.45, 7) is 1.05. The Labute approximate surface area is 149 Å². The second kappa shape index (κ2) is 7.09. The smallest absolute Gasteiger partial charge is 0.269 e. The van der Waals surface area contributed by atoms with Gasteiger partial charge in [0.1, 0.15) is 0 Å². The fourth-order valence-electron chi connectivity index (χ4n) is 1.91. The molecule has 0 aliphatic carbocycles. The quantitative estimate of drug-likeness (QED) is 0.547. The number of nitrogens with one attached hydrogen (secondary N) is 2. The van der Waals surface area contributed by atoms with E-state index in [0.717, 1.165) is 43.3 Å². The first-order valence-corrected chi connectivity index (χ1v) is 9.89. The first-order chi connectivity index (χ1) is 12.0. The highest BCUT2D eigenvalue weighted by Gasteiger charge is 2.18. The molecule has 0 aliphatic rings. The maximum atomic E-state index is 12.3. The third kappa shape index (κ3) is 4.55. The summed E-state index contributed by atoms with van der Waals surface area (Å²) in [6.07, 6.45) is 0. The predicted molar refractivity (Wildman–Crippen MR) is 91.3 cm³/mol. The topological polar surface area (TPSA) is 153 Å². The van der Waals surface area contributed by atoms with E-state index in [-0.39, 0.29) is 21.2 Å². The van der Waals surface area contributed by atoms with Gasteiger partial charge in [-0.3, -0.25) is 19.6 Å². The number of nitro benzene ring substituents is 1. The lowest BCUT2D eigenvalue weighted by Crippen LogP contribution is -2.28. The van der Waals surface area contributed by atoms with Crippen LogP contribution in [0.3, 0.4) is 0 Å². The molecule has 0 saturated carbocycles. The number of nitro groups is 1. The number of amides is 1. The van der Waals surface area contributed by atoms with Crippen molar-refractivity contribution >= 4 is 37.3 Å². The number of anilines is 1. The van der Waals surface area contributed by atoms with Gasteiger partial charge in [-0.05, 0) is 36.4 Å². The van der Waals surface area contributed by atoms with Crippen LogP contribution >= 0.6 is 0 Å². The van der Waals surface area contributed by atoms with E-state index in [4.69, 9.17) is 0 Å². The van der Waals surface area contributed by atoms with Gasteiger partial charge in [0, 0.05) is 24.7 Å². The zero-order chi connectivity index (χ0) is 19.5. The Bertz CT molecular complexity index is 1040. The number of hydrogen-bond acceptors (Lipinski definition) is 7. The number of benzene rings is 2. The third-order valence-electron chi connectivity index (χ3n) is 3.05. The molecule has 12 heteroatoms. The van der Waals surface area contributed by atoms with Gasteiger partial charge in [0.05, 0.1) is 14.7 Å². The van der Waals surface area contributed by atoms with Gasteiger partial charge in [-0.1, -0.05) is 0 Å². The molecule has 0 spiro atoms. The standard InChI is InChI=1S/C14H13N3O7S2/c1-10(18)15-25(21,22)13-6-2-11(3-7-13)16-26(23,24)14-8-4-12(5-9-14)17(19)20/h2-9,16H,1H3,(H,15,18). The Morgan fingerprint density at radius 1 is 0.885 bits per heavy atom. The Hall–Kier alpha value is -2.99. The van der Waals surface area contributed by atoms with Crippen molar-refractivity contribution in [1.82, 2.24) is 4.72 Å². The molecular weight excluding hydrogens is 386 g/mol. The van der Waals surface area contributed by atoms with Crippen LogP contribution in [0, 0.1) is 10.1 Å². The highest BCUT2D eigenvalue weighted by atomic mass is 32.2. The first-order valence-electron chi connectivity index (χ1n) is 6.92. The van der Waals surface area contributed by atoms with Crippen LogP contribution < -0.4 is 9.44 Å². The molecule has 0 heterocycles. The number of rotatable bonds is 6. The molecule has 0 unspecified atom stereocenters. The molecule has 138 valence electrons. The molecule has 2 N–H and O–H groups in total. The van der Waals surface area contributed by atoms with Crippen LogP contribution in [0.2, 0.25) is 0 Å². The molecule has 0 aliphatic heterocycles. The van der Waals surface area contributed by atoms with Crippen molar-refractivity contribution in [2.75, 3.05) is 4.72 Å². The fourth-order valence-corrected chi connectivity index (χ4v) is 3.96. The van der Waals surface area contributed by atoms with Crippen LogP contribution in [0.4, 0.5) is 11.4 Å². The molecule has 0 radical (unpaired) electrons. The lowest BCUT2D eigenvalue weighted by molar-refractivity contribution is -0.384. The molecule has 0 fully saturated rings. The van der Waals surface area contributed by atoms with Crippen LogP contribution in [0.5, 0.6) is 0 Å². The SMILES string of the molecule is CC(=O)NS(=O)(=O)c1ccc(NS(=O)(=O)c2ccc([N+](=O)[O-])cc2)cc1. The van der Waals surface area contributed by atoms with E-state index in [1.807, 2.05) is 0 Å². The third-order valence-corrected chi connectivity index (χ3v) is 5.90. The van der Waals surface area contributed by atoms with Gasteiger partial charge in [0.15, 0.2) is 0 Å². The van der Waals surface area contributed by atoms with Crippen molar-refractivity contribution in [3.63, 3.8) is 0 Å². The van der Waals surface area contributed by atoms with Crippen molar-refractivity contribution in [2.24, 2.45) is 0 Å². The maximum Gasteiger partial charge on any atom is 0.269 e. The number of carbonyl (C=O) groups excluding carboxylic acids is 1. The average Bonchev–Trinajstić information content (AvgIpc) is 2.54. The summed E-state index contributed by atoms with van der Waals surface area (Å²) in [6, 6.07) is 8.93. The Morgan fingerprint density at radius 3 is 1.81 bits per heavy atom. The van der Waals surface area contributed by atoms with Crippen molar-refractivity contribution in [3.05, 3.63) is 58.6 Å². The summed E-state index contributed by atoms with van der Waals surface area (Å²) in [5, 5.41) is 10.6. The minimum absolute atomic E-state index is 0.0742. The molecule has 1 amide bonds. The monoisotopic (exact) mass is 399 g/mol. The fraction of sp³-hybridized carbons (Fsp3) is 0.0714. The van der Waals surface area contributed by atoms with E-state index in [1.54, 1.807) is 4.72 Å². The zero-order valence-electron chi connectivity index (χ0n) is 13.2. The number of sulfonamides is 2. The minimum Gasteiger partial charge on any atom is -0.280 e. The summed E-state index contributed by atoms with van der Waals surface area (Å²) in [5.74, 6) is -0.757.